The minimum atomic E-state index is 0.752. The molecule has 1 saturated heterocycles. The monoisotopic (exact) mass is 477 g/mol. The molecule has 1 aliphatic heterocycles. The number of aromatic nitrogens is 4. The van der Waals surface area contributed by atoms with Gasteiger partial charge in [-0.3, -0.25) is 4.90 Å². The lowest BCUT2D eigenvalue weighted by atomic mass is 10.2. The molecule has 6 nitrogen and oxygen atoms in total. The summed E-state index contributed by atoms with van der Waals surface area (Å²) in [5.74, 6) is 2.64. The van der Waals surface area contributed by atoms with Crippen molar-refractivity contribution >= 4 is 23.1 Å². The van der Waals surface area contributed by atoms with E-state index < -0.39 is 0 Å². The number of para-hydroxylation sites is 1. The molecule has 3 heterocycles. The molecule has 8 heteroatoms. The van der Waals surface area contributed by atoms with Crippen molar-refractivity contribution in [2.75, 3.05) is 20.2 Å². The number of hydrogen-bond donors (Lipinski definition) is 0. The standard InChI is InChI=1S/C25H27N5OS2/c1-31-22-12-6-5-11-21(22)24-26-20(17-32-24)18-33-25-28-27-23(16-29-13-7-8-14-29)30(25)15-19-9-3-2-4-10-19/h2-6,9-12,17H,7-8,13-16,18H2,1H3. The van der Waals surface area contributed by atoms with Crippen LogP contribution in [0.1, 0.15) is 29.9 Å². The van der Waals surface area contributed by atoms with Crippen LogP contribution in [0, 0.1) is 0 Å². The highest BCUT2D eigenvalue weighted by atomic mass is 32.2. The highest BCUT2D eigenvalue weighted by molar-refractivity contribution is 7.98. The molecule has 0 unspecified atom stereocenters. The molecule has 0 saturated carbocycles. The Labute approximate surface area is 202 Å². The Morgan fingerprint density at radius 3 is 2.58 bits per heavy atom. The molecule has 0 spiro atoms. The number of benzene rings is 2. The van der Waals surface area contributed by atoms with E-state index in [4.69, 9.17) is 9.72 Å². The van der Waals surface area contributed by atoms with Crippen molar-refractivity contribution in [3.05, 3.63) is 77.1 Å². The summed E-state index contributed by atoms with van der Waals surface area (Å²) in [6.07, 6.45) is 2.54. The molecule has 0 N–H and O–H groups in total. The molecule has 2 aromatic heterocycles. The quantitative estimate of drug-likeness (QED) is 0.303. The van der Waals surface area contributed by atoms with Gasteiger partial charge in [0.05, 0.1) is 31.5 Å². The third kappa shape index (κ3) is 5.29. The lowest BCUT2D eigenvalue weighted by Crippen LogP contribution is -2.21. The van der Waals surface area contributed by atoms with E-state index in [9.17, 15) is 0 Å². The van der Waals surface area contributed by atoms with Crippen LogP contribution in [0.25, 0.3) is 10.6 Å². The summed E-state index contributed by atoms with van der Waals surface area (Å²) in [6.45, 7) is 3.92. The average molecular weight is 478 g/mol. The number of rotatable bonds is 9. The van der Waals surface area contributed by atoms with E-state index in [-0.39, 0.29) is 0 Å². The summed E-state index contributed by atoms with van der Waals surface area (Å²) in [4.78, 5) is 7.33. The molecular formula is C25H27N5OS2. The summed E-state index contributed by atoms with van der Waals surface area (Å²) in [5.41, 5.74) is 3.33. The van der Waals surface area contributed by atoms with Crippen molar-refractivity contribution in [3.63, 3.8) is 0 Å². The SMILES string of the molecule is COc1ccccc1-c1nc(CSc2nnc(CN3CCCC3)n2Cc2ccccc2)cs1. The first-order valence-electron chi connectivity index (χ1n) is 11.2. The lowest BCUT2D eigenvalue weighted by molar-refractivity contribution is 0.316. The minimum Gasteiger partial charge on any atom is -0.496 e. The van der Waals surface area contributed by atoms with Gasteiger partial charge in [0, 0.05) is 11.1 Å². The van der Waals surface area contributed by atoms with Crippen LogP contribution in [0.3, 0.4) is 0 Å². The second kappa shape index (κ2) is 10.5. The summed E-state index contributed by atoms with van der Waals surface area (Å²) in [5, 5.41) is 13.2. The number of nitrogens with zero attached hydrogens (tertiary/aromatic N) is 5. The van der Waals surface area contributed by atoms with Crippen LogP contribution < -0.4 is 4.74 Å². The fraction of sp³-hybridized carbons (Fsp3) is 0.320. The summed E-state index contributed by atoms with van der Waals surface area (Å²) < 4.78 is 7.77. The zero-order valence-electron chi connectivity index (χ0n) is 18.7. The van der Waals surface area contributed by atoms with Crippen LogP contribution in [-0.4, -0.2) is 44.8 Å². The Kier molecular flexibility index (Phi) is 7.04. The summed E-state index contributed by atoms with van der Waals surface area (Å²) in [7, 11) is 1.70. The predicted molar refractivity (Wildman–Crippen MR) is 134 cm³/mol. The highest BCUT2D eigenvalue weighted by Gasteiger charge is 2.19. The maximum atomic E-state index is 5.50. The maximum absolute atomic E-state index is 5.50. The van der Waals surface area contributed by atoms with Crippen molar-refractivity contribution in [2.45, 2.75) is 36.8 Å². The van der Waals surface area contributed by atoms with Crippen LogP contribution in [0.4, 0.5) is 0 Å². The van der Waals surface area contributed by atoms with Gasteiger partial charge >= 0.3 is 0 Å². The number of ether oxygens (including phenoxy) is 1. The molecule has 4 aromatic rings. The average Bonchev–Trinajstić information content (AvgIpc) is 3.62. The lowest BCUT2D eigenvalue weighted by Gasteiger charge is -2.16. The largest absolute Gasteiger partial charge is 0.496 e. The first-order chi connectivity index (χ1) is 16.3. The molecule has 0 aliphatic carbocycles. The van der Waals surface area contributed by atoms with Crippen molar-refractivity contribution in [1.82, 2.24) is 24.6 Å². The molecule has 0 amide bonds. The first kappa shape index (κ1) is 22.1. The first-order valence-corrected chi connectivity index (χ1v) is 13.1. The molecule has 5 rings (SSSR count). The molecule has 170 valence electrons. The Morgan fingerprint density at radius 1 is 0.970 bits per heavy atom. The minimum absolute atomic E-state index is 0.752. The van der Waals surface area contributed by atoms with Crippen molar-refractivity contribution < 1.29 is 4.74 Å². The number of hydrogen-bond acceptors (Lipinski definition) is 7. The number of thiazole rings is 1. The van der Waals surface area contributed by atoms with Crippen LogP contribution in [-0.2, 0) is 18.8 Å². The molecule has 0 bridgehead atoms. The highest BCUT2D eigenvalue weighted by Crippen LogP contribution is 2.33. The number of likely N-dealkylation sites (tertiary alicyclic amines) is 1. The summed E-state index contributed by atoms with van der Waals surface area (Å²) >= 11 is 3.35. The molecule has 1 fully saturated rings. The maximum Gasteiger partial charge on any atom is 0.191 e. The van der Waals surface area contributed by atoms with Crippen molar-refractivity contribution in [2.24, 2.45) is 0 Å². The third-order valence-corrected chi connectivity index (χ3v) is 7.70. The Hall–Kier alpha value is -2.68. The topological polar surface area (TPSA) is 56.1 Å². The van der Waals surface area contributed by atoms with Crippen LogP contribution in [0.5, 0.6) is 5.75 Å². The molecule has 1 aliphatic rings. The molecule has 0 atom stereocenters. The van der Waals surface area contributed by atoms with Gasteiger partial charge < -0.3 is 9.30 Å². The fourth-order valence-electron chi connectivity index (χ4n) is 4.07. The van der Waals surface area contributed by atoms with E-state index in [2.05, 4.69) is 61.4 Å². The van der Waals surface area contributed by atoms with Crippen LogP contribution in [0.2, 0.25) is 0 Å². The van der Waals surface area contributed by atoms with Gasteiger partial charge in [0.25, 0.3) is 0 Å². The van der Waals surface area contributed by atoms with Gasteiger partial charge in [0.15, 0.2) is 5.16 Å². The van der Waals surface area contributed by atoms with Crippen LogP contribution in [0.15, 0.2) is 65.1 Å². The smallest absolute Gasteiger partial charge is 0.191 e. The zero-order valence-corrected chi connectivity index (χ0v) is 20.3. The van der Waals surface area contributed by atoms with Gasteiger partial charge in [0.1, 0.15) is 16.6 Å². The normalized spacial score (nSPS) is 14.1. The van der Waals surface area contributed by atoms with E-state index in [0.29, 0.717) is 0 Å². The van der Waals surface area contributed by atoms with Gasteiger partial charge in [-0.2, -0.15) is 0 Å². The van der Waals surface area contributed by atoms with Crippen LogP contribution >= 0.6 is 23.1 Å². The number of methoxy groups -OCH3 is 1. The molecule has 2 aromatic carbocycles. The van der Waals surface area contributed by atoms with E-state index in [1.54, 1.807) is 30.2 Å². The van der Waals surface area contributed by atoms with Gasteiger partial charge in [0.2, 0.25) is 0 Å². The van der Waals surface area contributed by atoms with Crippen molar-refractivity contribution in [3.8, 4) is 16.3 Å². The van der Waals surface area contributed by atoms with E-state index in [0.717, 1.165) is 64.9 Å². The van der Waals surface area contributed by atoms with Gasteiger partial charge in [-0.05, 0) is 43.6 Å². The van der Waals surface area contributed by atoms with Gasteiger partial charge in [-0.15, -0.1) is 21.5 Å². The van der Waals surface area contributed by atoms with Gasteiger partial charge in [-0.1, -0.05) is 54.2 Å². The Morgan fingerprint density at radius 2 is 1.76 bits per heavy atom. The molecule has 0 radical (unpaired) electrons. The van der Waals surface area contributed by atoms with Crippen molar-refractivity contribution in [1.29, 1.82) is 0 Å². The molecular weight excluding hydrogens is 450 g/mol. The second-order valence-electron chi connectivity index (χ2n) is 8.09. The fourth-order valence-corrected chi connectivity index (χ4v) is 5.87. The second-order valence-corrected chi connectivity index (χ2v) is 9.89. The predicted octanol–water partition coefficient (Wildman–Crippen LogP) is 5.35. The number of thioether (sulfide) groups is 1. The van der Waals surface area contributed by atoms with Gasteiger partial charge in [-0.25, -0.2) is 4.98 Å². The summed E-state index contributed by atoms with van der Waals surface area (Å²) in [6, 6.07) is 18.6. The zero-order chi connectivity index (χ0) is 22.5. The van der Waals surface area contributed by atoms with E-state index in [1.165, 1.54) is 18.4 Å². The molecule has 33 heavy (non-hydrogen) atoms. The van der Waals surface area contributed by atoms with E-state index in [1.807, 2.05) is 18.2 Å². The Balaban J connectivity index is 1.34. The third-order valence-electron chi connectivity index (χ3n) is 5.78. The van der Waals surface area contributed by atoms with E-state index >= 15 is 0 Å². The Bertz CT molecular complexity index is 1180.